The predicted octanol–water partition coefficient (Wildman–Crippen LogP) is 2.62. The molecule has 7 nitrogen and oxygen atoms in total. The van der Waals surface area contributed by atoms with Gasteiger partial charge in [-0.05, 0) is 42.4 Å². The maximum Gasteiger partial charge on any atom is 0.243 e. The van der Waals surface area contributed by atoms with Crippen LogP contribution in [-0.4, -0.2) is 70.5 Å². The summed E-state index contributed by atoms with van der Waals surface area (Å²) in [7, 11) is -7.25. The highest BCUT2D eigenvalue weighted by Crippen LogP contribution is 2.33. The van der Waals surface area contributed by atoms with E-state index in [-0.39, 0.29) is 23.1 Å². The van der Waals surface area contributed by atoms with E-state index in [1.807, 2.05) is 26.0 Å². The molecular weight excluding hydrogens is 434 g/mol. The molecule has 1 aliphatic heterocycles. The van der Waals surface area contributed by atoms with Gasteiger partial charge >= 0.3 is 0 Å². The minimum Gasteiger partial charge on any atom is -0.314 e. The lowest BCUT2D eigenvalue weighted by Crippen LogP contribution is -2.48. The highest BCUT2D eigenvalue weighted by atomic mass is 32.2. The van der Waals surface area contributed by atoms with Gasteiger partial charge in [-0.25, -0.2) is 16.8 Å². The molecule has 9 heteroatoms. The summed E-state index contributed by atoms with van der Waals surface area (Å²) >= 11 is 0. The van der Waals surface area contributed by atoms with Crippen LogP contribution in [0.15, 0.2) is 29.2 Å². The van der Waals surface area contributed by atoms with Crippen molar-refractivity contribution >= 4 is 20.0 Å². The summed E-state index contributed by atoms with van der Waals surface area (Å²) in [6.07, 6.45) is 6.07. The maximum atomic E-state index is 13.4. The van der Waals surface area contributed by atoms with Gasteiger partial charge in [0.1, 0.15) is 0 Å². The van der Waals surface area contributed by atoms with E-state index in [2.05, 4.69) is 5.32 Å². The van der Waals surface area contributed by atoms with E-state index in [1.54, 1.807) is 12.1 Å². The van der Waals surface area contributed by atoms with Crippen LogP contribution >= 0.6 is 0 Å². The van der Waals surface area contributed by atoms with Crippen LogP contribution in [0.5, 0.6) is 0 Å². The van der Waals surface area contributed by atoms with Crippen LogP contribution in [0.1, 0.15) is 57.4 Å². The van der Waals surface area contributed by atoms with Crippen LogP contribution in [0, 0.1) is 5.92 Å². The molecule has 0 radical (unpaired) electrons. The van der Waals surface area contributed by atoms with Crippen molar-refractivity contribution in [1.82, 2.24) is 13.9 Å². The molecule has 0 amide bonds. The molecule has 1 aromatic rings. The summed E-state index contributed by atoms with van der Waals surface area (Å²) in [4.78, 5) is 0.243. The molecule has 1 aromatic carbocycles. The Balaban J connectivity index is 1.73. The van der Waals surface area contributed by atoms with Gasteiger partial charge in [0.15, 0.2) is 0 Å². The normalized spacial score (nSPS) is 19.9. The topological polar surface area (TPSA) is 86.8 Å². The van der Waals surface area contributed by atoms with Crippen molar-refractivity contribution in [1.29, 1.82) is 0 Å². The van der Waals surface area contributed by atoms with Crippen LogP contribution in [0.2, 0.25) is 0 Å². The predicted molar refractivity (Wildman–Crippen MR) is 124 cm³/mol. The molecule has 1 N–H and O–H groups in total. The smallest absolute Gasteiger partial charge is 0.243 e. The second-order valence-electron chi connectivity index (χ2n) is 9.13. The van der Waals surface area contributed by atoms with Gasteiger partial charge in [0, 0.05) is 39.3 Å². The lowest BCUT2D eigenvalue weighted by Gasteiger charge is -2.29. The first-order valence-electron chi connectivity index (χ1n) is 11.5. The molecule has 3 rings (SSSR count). The SMILES string of the molecule is CC(C)CN(CCS(=O)(=O)N1CCNCC1)S(=O)(=O)c1ccc(C2CCCCC2)cc1. The third-order valence-electron chi connectivity index (χ3n) is 6.23. The Morgan fingerprint density at radius 3 is 2.19 bits per heavy atom. The molecule has 2 aliphatic rings. The van der Waals surface area contributed by atoms with E-state index >= 15 is 0 Å². The minimum absolute atomic E-state index is 0.0306. The van der Waals surface area contributed by atoms with E-state index in [0.29, 0.717) is 38.6 Å². The number of nitrogens with zero attached hydrogens (tertiary/aromatic N) is 2. The molecule has 176 valence electrons. The van der Waals surface area contributed by atoms with E-state index in [1.165, 1.54) is 33.4 Å². The van der Waals surface area contributed by atoms with Crippen LogP contribution in [0.4, 0.5) is 0 Å². The summed E-state index contributed by atoms with van der Waals surface area (Å²) in [6.45, 7) is 6.27. The van der Waals surface area contributed by atoms with Crippen LogP contribution < -0.4 is 5.32 Å². The third-order valence-corrected chi connectivity index (χ3v) is 9.96. The first-order chi connectivity index (χ1) is 14.7. The molecule has 1 aliphatic carbocycles. The van der Waals surface area contributed by atoms with Crippen LogP contribution in [0.25, 0.3) is 0 Å². The molecule has 0 aromatic heterocycles. The Morgan fingerprint density at radius 1 is 1.00 bits per heavy atom. The second-order valence-corrected chi connectivity index (χ2v) is 13.2. The van der Waals surface area contributed by atoms with Crippen molar-refractivity contribution in [3.05, 3.63) is 29.8 Å². The summed E-state index contributed by atoms with van der Waals surface area (Å²) in [5.41, 5.74) is 1.20. The van der Waals surface area contributed by atoms with E-state index in [0.717, 1.165) is 12.8 Å². The van der Waals surface area contributed by atoms with E-state index in [4.69, 9.17) is 0 Å². The average molecular weight is 472 g/mol. The second kappa shape index (κ2) is 10.7. The molecular formula is C22H37N3O4S2. The number of benzene rings is 1. The quantitative estimate of drug-likeness (QED) is 0.598. The minimum atomic E-state index is -3.76. The molecule has 0 unspecified atom stereocenters. The number of nitrogens with one attached hydrogen (secondary N) is 1. The van der Waals surface area contributed by atoms with Gasteiger partial charge in [0.05, 0.1) is 10.6 Å². The Kier molecular flexibility index (Phi) is 8.54. The van der Waals surface area contributed by atoms with Gasteiger partial charge in [0.2, 0.25) is 20.0 Å². The van der Waals surface area contributed by atoms with Gasteiger partial charge in [-0.1, -0.05) is 45.2 Å². The van der Waals surface area contributed by atoms with Gasteiger partial charge < -0.3 is 5.32 Å². The van der Waals surface area contributed by atoms with Crippen molar-refractivity contribution in [2.24, 2.45) is 5.92 Å². The molecule has 1 saturated carbocycles. The fourth-order valence-corrected chi connectivity index (χ4v) is 7.65. The van der Waals surface area contributed by atoms with E-state index in [9.17, 15) is 16.8 Å². The third kappa shape index (κ3) is 6.51. The number of sulfonamides is 2. The zero-order valence-corrected chi connectivity index (χ0v) is 20.4. The number of hydrogen-bond acceptors (Lipinski definition) is 5. The zero-order chi connectivity index (χ0) is 22.5. The molecule has 2 fully saturated rings. The maximum absolute atomic E-state index is 13.4. The molecule has 0 spiro atoms. The Hall–Kier alpha value is -1.00. The van der Waals surface area contributed by atoms with Gasteiger partial charge in [-0.2, -0.15) is 8.61 Å². The lowest BCUT2D eigenvalue weighted by molar-refractivity contribution is 0.351. The molecule has 0 bridgehead atoms. The zero-order valence-electron chi connectivity index (χ0n) is 18.8. The van der Waals surface area contributed by atoms with Gasteiger partial charge in [0.25, 0.3) is 0 Å². The summed E-state index contributed by atoms with van der Waals surface area (Å²) in [5, 5.41) is 3.14. The first-order valence-corrected chi connectivity index (χ1v) is 14.5. The summed E-state index contributed by atoms with van der Waals surface area (Å²) in [5.74, 6) is 0.415. The monoisotopic (exact) mass is 471 g/mol. The van der Waals surface area contributed by atoms with E-state index < -0.39 is 20.0 Å². The fourth-order valence-electron chi connectivity index (χ4n) is 4.48. The standard InChI is InChI=1S/C22H37N3O4S2/c1-19(2)18-25(16-17-30(26,27)24-14-12-23-13-15-24)31(28,29)22-10-8-21(9-11-22)20-6-4-3-5-7-20/h8-11,19-20,23H,3-7,12-18H2,1-2H3. The number of piperazine rings is 1. The van der Waals surface area contributed by atoms with Crippen LogP contribution in [0.3, 0.4) is 0 Å². The molecule has 1 saturated heterocycles. The molecule has 31 heavy (non-hydrogen) atoms. The van der Waals surface area contributed by atoms with Gasteiger partial charge in [-0.3, -0.25) is 0 Å². The average Bonchev–Trinajstić information content (AvgIpc) is 2.77. The van der Waals surface area contributed by atoms with Crippen molar-refractivity contribution in [2.75, 3.05) is 45.0 Å². The Morgan fingerprint density at radius 2 is 1.61 bits per heavy atom. The lowest BCUT2D eigenvalue weighted by atomic mass is 9.84. The van der Waals surface area contributed by atoms with Crippen molar-refractivity contribution in [3.63, 3.8) is 0 Å². The Bertz CT molecular complexity index is 903. The highest BCUT2D eigenvalue weighted by Gasteiger charge is 2.30. The fraction of sp³-hybridized carbons (Fsp3) is 0.727. The molecule has 0 atom stereocenters. The largest absolute Gasteiger partial charge is 0.314 e. The van der Waals surface area contributed by atoms with Gasteiger partial charge in [-0.15, -0.1) is 0 Å². The summed E-state index contributed by atoms with van der Waals surface area (Å²) in [6, 6.07) is 7.26. The highest BCUT2D eigenvalue weighted by molar-refractivity contribution is 7.90. The molecule has 1 heterocycles. The number of hydrogen-bond donors (Lipinski definition) is 1. The summed E-state index contributed by atoms with van der Waals surface area (Å²) < 4.78 is 55.0. The van der Waals surface area contributed by atoms with Crippen molar-refractivity contribution < 1.29 is 16.8 Å². The van der Waals surface area contributed by atoms with Crippen LogP contribution in [-0.2, 0) is 20.0 Å². The first kappa shape index (κ1) is 24.6. The van der Waals surface area contributed by atoms with Crippen molar-refractivity contribution in [2.45, 2.75) is 56.8 Å². The number of rotatable bonds is 9. The Labute approximate surface area is 188 Å². The van der Waals surface area contributed by atoms with Crippen molar-refractivity contribution in [3.8, 4) is 0 Å².